The molecule has 8 nitrogen and oxygen atoms in total. The number of sulfonamides is 1. The first-order valence-corrected chi connectivity index (χ1v) is 11.5. The number of rotatable bonds is 6. The maximum atomic E-state index is 13.2. The minimum atomic E-state index is -3.75. The first-order chi connectivity index (χ1) is 14.8. The van der Waals surface area contributed by atoms with E-state index in [1.165, 1.54) is 33.3 Å². The van der Waals surface area contributed by atoms with Gasteiger partial charge in [0.15, 0.2) is 0 Å². The number of methoxy groups -OCH3 is 2. The van der Waals surface area contributed by atoms with Crippen LogP contribution in [0.5, 0.6) is 11.5 Å². The number of nitrogens with zero attached hydrogens (tertiary/aromatic N) is 3. The second-order valence-electron chi connectivity index (χ2n) is 7.48. The minimum absolute atomic E-state index is 0.0134. The van der Waals surface area contributed by atoms with Crippen LogP contribution in [0.15, 0.2) is 47.4 Å². The Morgan fingerprint density at radius 3 is 2.26 bits per heavy atom. The standard InChI is InChI=1S/C22H29N3O5S/c1-23(2)31(27,28)21-16-17(6-11-20(21)30-4)22(26)25-13-5-12-24(14-15-25)18-7-9-19(29-3)10-8-18/h6-11,16H,5,12-15H2,1-4H3. The van der Waals surface area contributed by atoms with E-state index in [2.05, 4.69) is 4.90 Å². The quantitative estimate of drug-likeness (QED) is 0.676. The molecule has 2 aromatic rings. The number of benzene rings is 2. The van der Waals surface area contributed by atoms with Crippen LogP contribution in [0.4, 0.5) is 5.69 Å². The van der Waals surface area contributed by atoms with Gasteiger partial charge in [0, 0.05) is 51.5 Å². The monoisotopic (exact) mass is 447 g/mol. The van der Waals surface area contributed by atoms with Crippen molar-refractivity contribution in [1.29, 1.82) is 0 Å². The molecule has 31 heavy (non-hydrogen) atoms. The Labute approximate surface area is 184 Å². The maximum Gasteiger partial charge on any atom is 0.253 e. The van der Waals surface area contributed by atoms with Gasteiger partial charge in [-0.2, -0.15) is 0 Å². The van der Waals surface area contributed by atoms with Crippen LogP contribution in [0.3, 0.4) is 0 Å². The number of hydrogen-bond donors (Lipinski definition) is 0. The van der Waals surface area contributed by atoms with Crippen LogP contribution >= 0.6 is 0 Å². The largest absolute Gasteiger partial charge is 0.497 e. The second-order valence-corrected chi connectivity index (χ2v) is 9.60. The van der Waals surface area contributed by atoms with Gasteiger partial charge >= 0.3 is 0 Å². The number of carbonyl (C=O) groups is 1. The predicted molar refractivity (Wildman–Crippen MR) is 120 cm³/mol. The Bertz CT molecular complexity index is 1020. The number of ether oxygens (including phenoxy) is 2. The number of anilines is 1. The summed E-state index contributed by atoms with van der Waals surface area (Å²) in [6.45, 7) is 2.68. The molecule has 0 unspecified atom stereocenters. The summed E-state index contributed by atoms with van der Waals surface area (Å²) in [4.78, 5) is 17.2. The van der Waals surface area contributed by atoms with Gasteiger partial charge in [-0.3, -0.25) is 4.79 Å². The van der Waals surface area contributed by atoms with Crippen molar-refractivity contribution in [2.45, 2.75) is 11.3 Å². The lowest BCUT2D eigenvalue weighted by atomic mass is 10.2. The molecule has 0 bridgehead atoms. The van der Waals surface area contributed by atoms with Crippen molar-refractivity contribution in [3.63, 3.8) is 0 Å². The summed E-state index contributed by atoms with van der Waals surface area (Å²) in [5, 5.41) is 0. The van der Waals surface area contributed by atoms with Crippen LogP contribution in [-0.2, 0) is 10.0 Å². The molecular weight excluding hydrogens is 418 g/mol. The molecule has 0 atom stereocenters. The molecule has 3 rings (SSSR count). The zero-order chi connectivity index (χ0) is 22.6. The maximum absolute atomic E-state index is 13.2. The highest BCUT2D eigenvalue weighted by atomic mass is 32.2. The van der Waals surface area contributed by atoms with E-state index >= 15 is 0 Å². The lowest BCUT2D eigenvalue weighted by Crippen LogP contribution is -2.35. The van der Waals surface area contributed by atoms with Crippen molar-refractivity contribution in [2.24, 2.45) is 0 Å². The van der Waals surface area contributed by atoms with Crippen molar-refractivity contribution >= 4 is 21.6 Å². The van der Waals surface area contributed by atoms with Crippen molar-refractivity contribution in [2.75, 3.05) is 59.4 Å². The van der Waals surface area contributed by atoms with Gasteiger partial charge in [-0.25, -0.2) is 12.7 Å². The van der Waals surface area contributed by atoms with E-state index in [4.69, 9.17) is 9.47 Å². The second kappa shape index (κ2) is 9.57. The van der Waals surface area contributed by atoms with Gasteiger partial charge in [-0.15, -0.1) is 0 Å². The lowest BCUT2D eigenvalue weighted by molar-refractivity contribution is 0.0766. The minimum Gasteiger partial charge on any atom is -0.497 e. The van der Waals surface area contributed by atoms with Crippen LogP contribution in [-0.4, -0.2) is 78.0 Å². The lowest BCUT2D eigenvalue weighted by Gasteiger charge is -2.24. The molecule has 0 radical (unpaired) electrons. The molecule has 1 amide bonds. The predicted octanol–water partition coefficient (Wildman–Crippen LogP) is 2.31. The number of carbonyl (C=O) groups excluding carboxylic acids is 1. The van der Waals surface area contributed by atoms with E-state index in [0.717, 1.165) is 28.7 Å². The Morgan fingerprint density at radius 2 is 1.65 bits per heavy atom. The summed E-state index contributed by atoms with van der Waals surface area (Å²) >= 11 is 0. The normalized spacial score (nSPS) is 15.0. The first-order valence-electron chi connectivity index (χ1n) is 10.1. The van der Waals surface area contributed by atoms with E-state index in [0.29, 0.717) is 25.2 Å². The van der Waals surface area contributed by atoms with E-state index in [1.807, 2.05) is 24.3 Å². The molecule has 0 aliphatic carbocycles. The van der Waals surface area contributed by atoms with Crippen molar-refractivity contribution in [3.8, 4) is 11.5 Å². The van der Waals surface area contributed by atoms with E-state index in [1.54, 1.807) is 18.1 Å². The molecule has 0 saturated carbocycles. The third-order valence-electron chi connectivity index (χ3n) is 5.39. The van der Waals surface area contributed by atoms with Gasteiger partial charge in [0.1, 0.15) is 16.4 Å². The van der Waals surface area contributed by atoms with E-state index in [-0.39, 0.29) is 16.6 Å². The molecule has 1 aliphatic heterocycles. The van der Waals surface area contributed by atoms with Crippen LogP contribution in [0.1, 0.15) is 16.8 Å². The first kappa shape index (κ1) is 22.9. The Balaban J connectivity index is 1.78. The molecule has 1 heterocycles. The van der Waals surface area contributed by atoms with Gasteiger partial charge in [0.05, 0.1) is 14.2 Å². The van der Waals surface area contributed by atoms with Crippen molar-refractivity contribution in [3.05, 3.63) is 48.0 Å². The highest BCUT2D eigenvalue weighted by Crippen LogP contribution is 2.28. The summed E-state index contributed by atoms with van der Waals surface area (Å²) < 4.78 is 36.9. The topological polar surface area (TPSA) is 79.4 Å². The third-order valence-corrected chi connectivity index (χ3v) is 7.23. The fraction of sp³-hybridized carbons (Fsp3) is 0.409. The average molecular weight is 448 g/mol. The summed E-state index contributed by atoms with van der Waals surface area (Å²) in [5.74, 6) is 0.833. The molecule has 9 heteroatoms. The molecule has 0 N–H and O–H groups in total. The van der Waals surface area contributed by atoms with Crippen LogP contribution in [0.25, 0.3) is 0 Å². The Hall–Kier alpha value is -2.78. The highest BCUT2D eigenvalue weighted by molar-refractivity contribution is 7.89. The van der Waals surface area contributed by atoms with Gasteiger partial charge in [0.2, 0.25) is 10.0 Å². The van der Waals surface area contributed by atoms with Gasteiger partial charge < -0.3 is 19.3 Å². The zero-order valence-corrected chi connectivity index (χ0v) is 19.2. The van der Waals surface area contributed by atoms with Gasteiger partial charge in [-0.05, 0) is 48.9 Å². The van der Waals surface area contributed by atoms with Crippen LogP contribution in [0.2, 0.25) is 0 Å². The summed E-state index contributed by atoms with van der Waals surface area (Å²) in [7, 11) is 2.20. The number of hydrogen-bond acceptors (Lipinski definition) is 6. The van der Waals surface area contributed by atoms with Crippen LogP contribution < -0.4 is 14.4 Å². The van der Waals surface area contributed by atoms with Gasteiger partial charge in [0.25, 0.3) is 5.91 Å². The fourth-order valence-electron chi connectivity index (χ4n) is 3.56. The van der Waals surface area contributed by atoms with E-state index < -0.39 is 10.0 Å². The van der Waals surface area contributed by atoms with Crippen molar-refractivity contribution in [1.82, 2.24) is 9.21 Å². The molecule has 0 aromatic heterocycles. The molecule has 2 aromatic carbocycles. The SMILES string of the molecule is COc1ccc(N2CCCN(C(=O)c3ccc(OC)c(S(=O)(=O)N(C)C)c3)CC2)cc1. The molecule has 1 fully saturated rings. The molecule has 168 valence electrons. The Kier molecular flexibility index (Phi) is 7.07. The molecular formula is C22H29N3O5S. The molecule has 1 aliphatic rings. The van der Waals surface area contributed by atoms with Crippen LogP contribution in [0, 0.1) is 0 Å². The summed E-state index contributed by atoms with van der Waals surface area (Å²) in [6, 6.07) is 12.4. The van der Waals surface area contributed by atoms with Gasteiger partial charge in [-0.1, -0.05) is 0 Å². The van der Waals surface area contributed by atoms with Crippen molar-refractivity contribution < 1.29 is 22.7 Å². The van der Waals surface area contributed by atoms with E-state index in [9.17, 15) is 13.2 Å². The average Bonchev–Trinajstić information content (AvgIpc) is 3.04. The molecule has 1 saturated heterocycles. The summed E-state index contributed by atoms with van der Waals surface area (Å²) in [5.41, 5.74) is 1.41. The summed E-state index contributed by atoms with van der Waals surface area (Å²) in [6.07, 6.45) is 0.816. The third kappa shape index (κ3) is 4.94. The smallest absolute Gasteiger partial charge is 0.253 e. The number of amides is 1. The zero-order valence-electron chi connectivity index (χ0n) is 18.4. The Morgan fingerprint density at radius 1 is 0.935 bits per heavy atom. The fourth-order valence-corrected chi connectivity index (χ4v) is 4.64. The molecule has 0 spiro atoms. The highest BCUT2D eigenvalue weighted by Gasteiger charge is 2.26.